The largest absolute Gasteiger partial charge is 0.481 e. The Balaban J connectivity index is 1.84. The number of hydrogen-bond donors (Lipinski definition) is 2. The van der Waals surface area contributed by atoms with Gasteiger partial charge in [0.25, 0.3) is 5.91 Å². The summed E-state index contributed by atoms with van der Waals surface area (Å²) in [6, 6.07) is 14.2. The van der Waals surface area contributed by atoms with E-state index in [2.05, 4.69) is 4.98 Å². The fourth-order valence-electron chi connectivity index (χ4n) is 4.27. The molecule has 1 aliphatic rings. The number of ether oxygens (including phenoxy) is 1. The van der Waals surface area contributed by atoms with Crippen molar-refractivity contribution >= 4 is 22.8 Å². The van der Waals surface area contributed by atoms with Gasteiger partial charge < -0.3 is 19.7 Å². The van der Waals surface area contributed by atoms with Crippen LogP contribution in [0.5, 0.6) is 0 Å². The lowest BCUT2D eigenvalue weighted by Gasteiger charge is -2.40. The van der Waals surface area contributed by atoms with E-state index in [1.54, 1.807) is 29.2 Å². The van der Waals surface area contributed by atoms with Gasteiger partial charge in [0, 0.05) is 48.0 Å². The predicted molar refractivity (Wildman–Crippen MR) is 110 cm³/mol. The first-order chi connectivity index (χ1) is 14.1. The monoisotopic (exact) mass is 392 g/mol. The molecule has 0 saturated carbocycles. The van der Waals surface area contributed by atoms with E-state index in [0.717, 1.165) is 16.5 Å². The van der Waals surface area contributed by atoms with Gasteiger partial charge in [0.15, 0.2) is 0 Å². The highest BCUT2D eigenvalue weighted by Gasteiger charge is 2.44. The average molecular weight is 392 g/mol. The number of amides is 1. The molecule has 1 aromatic heterocycles. The number of aromatic nitrogens is 1. The maximum Gasteiger partial charge on any atom is 0.313 e. The minimum Gasteiger partial charge on any atom is -0.481 e. The number of aliphatic carboxylic acids is 1. The zero-order chi connectivity index (χ0) is 20.4. The van der Waals surface area contributed by atoms with Gasteiger partial charge in [-0.15, -0.1) is 0 Å². The van der Waals surface area contributed by atoms with Gasteiger partial charge in [-0.2, -0.15) is 0 Å². The Morgan fingerprint density at radius 2 is 1.90 bits per heavy atom. The molecule has 0 fully saturated rings. The summed E-state index contributed by atoms with van der Waals surface area (Å²) in [6.45, 7) is 3.50. The molecule has 1 aliphatic heterocycles. The summed E-state index contributed by atoms with van der Waals surface area (Å²) in [5.74, 6) is -1.91. The first-order valence-corrected chi connectivity index (χ1v) is 9.90. The first-order valence-electron chi connectivity index (χ1n) is 9.90. The molecule has 2 atom stereocenters. The van der Waals surface area contributed by atoms with Gasteiger partial charge in [-0.05, 0) is 31.0 Å². The van der Waals surface area contributed by atoms with Crippen molar-refractivity contribution in [2.45, 2.75) is 25.3 Å². The predicted octanol–water partition coefficient (Wildman–Crippen LogP) is 3.96. The number of carbonyl (C=O) groups excluding carboxylic acids is 1. The molecule has 2 unspecified atom stereocenters. The third kappa shape index (κ3) is 3.40. The van der Waals surface area contributed by atoms with E-state index >= 15 is 0 Å². The van der Waals surface area contributed by atoms with Crippen molar-refractivity contribution < 1.29 is 19.4 Å². The number of benzene rings is 2. The van der Waals surface area contributed by atoms with Crippen LogP contribution >= 0.6 is 0 Å². The van der Waals surface area contributed by atoms with E-state index in [-0.39, 0.29) is 5.91 Å². The van der Waals surface area contributed by atoms with Gasteiger partial charge in [0.2, 0.25) is 0 Å². The van der Waals surface area contributed by atoms with E-state index in [1.165, 1.54) is 0 Å². The Labute approximate surface area is 169 Å². The second-order valence-corrected chi connectivity index (χ2v) is 7.19. The van der Waals surface area contributed by atoms with Gasteiger partial charge in [0.05, 0.1) is 6.04 Å². The summed E-state index contributed by atoms with van der Waals surface area (Å²) in [7, 11) is 0. The highest BCUT2D eigenvalue weighted by atomic mass is 16.5. The number of hydrogen-bond acceptors (Lipinski definition) is 3. The molecule has 2 heterocycles. The number of rotatable bonds is 7. The molecule has 29 heavy (non-hydrogen) atoms. The molecule has 0 aliphatic carbocycles. The van der Waals surface area contributed by atoms with Gasteiger partial charge in [-0.1, -0.05) is 36.4 Å². The number of carboxylic acid groups (broad SMARTS) is 1. The lowest BCUT2D eigenvalue weighted by molar-refractivity contribution is -0.140. The molecule has 6 heteroatoms. The number of aromatic amines is 1. The second-order valence-electron chi connectivity index (χ2n) is 7.19. The summed E-state index contributed by atoms with van der Waals surface area (Å²) >= 11 is 0. The second kappa shape index (κ2) is 8.09. The van der Waals surface area contributed by atoms with E-state index in [0.29, 0.717) is 37.3 Å². The molecular weight excluding hydrogens is 368 g/mol. The average Bonchev–Trinajstić information content (AvgIpc) is 3.16. The minimum atomic E-state index is -0.935. The van der Waals surface area contributed by atoms with Crippen LogP contribution in [0.1, 0.15) is 46.8 Å². The summed E-state index contributed by atoms with van der Waals surface area (Å²) in [5.41, 5.74) is 2.79. The number of para-hydroxylation sites is 1. The SMILES string of the molecule is CCOCCCN1C(=O)c2ccccc2C(C(=O)O)C1c1c[nH]c2ccccc12. The quantitative estimate of drug-likeness (QED) is 0.596. The number of H-pyrrole nitrogens is 1. The number of nitrogens with zero attached hydrogens (tertiary/aromatic N) is 1. The van der Waals surface area contributed by atoms with Crippen LogP contribution in [-0.4, -0.2) is 46.6 Å². The van der Waals surface area contributed by atoms with Crippen molar-refractivity contribution in [1.29, 1.82) is 0 Å². The van der Waals surface area contributed by atoms with Gasteiger partial charge >= 0.3 is 5.97 Å². The van der Waals surface area contributed by atoms with Crippen LogP contribution in [0.25, 0.3) is 10.9 Å². The zero-order valence-electron chi connectivity index (χ0n) is 16.3. The van der Waals surface area contributed by atoms with Crippen LogP contribution in [0.4, 0.5) is 0 Å². The molecule has 150 valence electrons. The molecule has 1 amide bonds. The number of carboxylic acids is 1. The van der Waals surface area contributed by atoms with Crippen LogP contribution in [0.15, 0.2) is 54.7 Å². The zero-order valence-corrected chi connectivity index (χ0v) is 16.3. The summed E-state index contributed by atoms with van der Waals surface area (Å²) in [6.07, 6.45) is 2.48. The van der Waals surface area contributed by atoms with Crippen LogP contribution in [0.2, 0.25) is 0 Å². The number of carbonyl (C=O) groups is 2. The normalized spacial score (nSPS) is 18.8. The molecular formula is C23H24N2O4. The maximum atomic E-state index is 13.4. The molecule has 2 N–H and O–H groups in total. The van der Waals surface area contributed by atoms with Crippen molar-refractivity contribution in [3.8, 4) is 0 Å². The van der Waals surface area contributed by atoms with Gasteiger partial charge in [-0.3, -0.25) is 9.59 Å². The van der Waals surface area contributed by atoms with Crippen molar-refractivity contribution in [2.75, 3.05) is 19.8 Å². The first kappa shape index (κ1) is 19.2. The summed E-state index contributed by atoms with van der Waals surface area (Å²) < 4.78 is 5.44. The van der Waals surface area contributed by atoms with Crippen molar-refractivity contribution in [3.05, 3.63) is 71.4 Å². The standard InChI is InChI=1S/C23H24N2O4/c1-2-29-13-7-12-25-21(18-14-24-19-11-6-5-8-15(18)19)20(23(27)28)16-9-3-4-10-17(16)22(25)26/h3-6,8-11,14,20-21,24H,2,7,12-13H2,1H3,(H,27,28). The Hall–Kier alpha value is -3.12. The molecule has 0 bridgehead atoms. The highest BCUT2D eigenvalue weighted by Crippen LogP contribution is 2.44. The molecule has 3 aromatic rings. The Morgan fingerprint density at radius 1 is 1.14 bits per heavy atom. The highest BCUT2D eigenvalue weighted by molar-refractivity contribution is 6.01. The lowest BCUT2D eigenvalue weighted by Crippen LogP contribution is -2.45. The fourth-order valence-corrected chi connectivity index (χ4v) is 4.27. The van der Waals surface area contributed by atoms with Gasteiger partial charge in [-0.25, -0.2) is 0 Å². The topological polar surface area (TPSA) is 82.6 Å². The third-order valence-corrected chi connectivity index (χ3v) is 5.54. The van der Waals surface area contributed by atoms with Crippen LogP contribution in [0.3, 0.4) is 0 Å². The molecule has 6 nitrogen and oxygen atoms in total. The Bertz CT molecular complexity index is 1040. The van der Waals surface area contributed by atoms with Crippen molar-refractivity contribution in [3.63, 3.8) is 0 Å². The number of fused-ring (bicyclic) bond motifs is 2. The van der Waals surface area contributed by atoms with Crippen LogP contribution < -0.4 is 0 Å². The van der Waals surface area contributed by atoms with E-state index in [9.17, 15) is 14.7 Å². The molecule has 0 spiro atoms. The van der Waals surface area contributed by atoms with Crippen LogP contribution in [0, 0.1) is 0 Å². The molecule has 4 rings (SSSR count). The Morgan fingerprint density at radius 3 is 2.69 bits per heavy atom. The summed E-state index contributed by atoms with van der Waals surface area (Å²) in [4.78, 5) is 30.7. The summed E-state index contributed by atoms with van der Waals surface area (Å²) in [5, 5.41) is 11.1. The Kier molecular flexibility index (Phi) is 5.36. The smallest absolute Gasteiger partial charge is 0.313 e. The lowest BCUT2D eigenvalue weighted by atomic mass is 9.79. The fraction of sp³-hybridized carbons (Fsp3) is 0.304. The molecule has 2 aromatic carbocycles. The minimum absolute atomic E-state index is 0.134. The maximum absolute atomic E-state index is 13.4. The van der Waals surface area contributed by atoms with Crippen molar-refractivity contribution in [2.24, 2.45) is 0 Å². The van der Waals surface area contributed by atoms with Gasteiger partial charge in [0.1, 0.15) is 5.92 Å². The van der Waals surface area contributed by atoms with Crippen molar-refractivity contribution in [1.82, 2.24) is 9.88 Å². The third-order valence-electron chi connectivity index (χ3n) is 5.54. The van der Waals surface area contributed by atoms with E-state index in [1.807, 2.05) is 37.4 Å². The van der Waals surface area contributed by atoms with E-state index < -0.39 is 17.9 Å². The molecule has 0 saturated heterocycles. The van der Waals surface area contributed by atoms with E-state index in [4.69, 9.17) is 4.74 Å². The van der Waals surface area contributed by atoms with Crippen LogP contribution in [-0.2, 0) is 9.53 Å². The number of nitrogens with one attached hydrogen (secondary N) is 1. The molecule has 0 radical (unpaired) electrons.